The molecule has 0 saturated heterocycles. The number of hydrogen-bond acceptors (Lipinski definition) is 3. The van der Waals surface area contributed by atoms with Crippen molar-refractivity contribution in [1.29, 1.82) is 0 Å². The van der Waals surface area contributed by atoms with Crippen LogP contribution in [-0.4, -0.2) is 11.3 Å². The number of phenolic OH excluding ortho intramolecular Hbond substituents is 1. The number of aromatic hydroxyl groups is 1. The molecule has 0 fully saturated rings. The topological polar surface area (TPSA) is 41.8 Å². The van der Waals surface area contributed by atoms with Gasteiger partial charge in [-0.2, -0.15) is 13.2 Å². The summed E-state index contributed by atoms with van der Waals surface area (Å²) in [6.07, 6.45) is -3.22. The number of rotatable bonds is 4. The molecule has 0 atom stereocenters. The lowest BCUT2D eigenvalue weighted by Gasteiger charge is -2.12. The third-order valence-electron chi connectivity index (χ3n) is 3.59. The second-order valence-electron chi connectivity index (χ2n) is 5.56. The molecule has 3 aromatic carbocycles. The number of benzene rings is 3. The summed E-state index contributed by atoms with van der Waals surface area (Å²) in [6.45, 7) is 0. The highest BCUT2D eigenvalue weighted by molar-refractivity contribution is 9.10. The maximum absolute atomic E-state index is 13.1. The maximum Gasteiger partial charge on any atom is 0.416 e. The minimum absolute atomic E-state index is 0.00643. The van der Waals surface area contributed by atoms with Crippen LogP contribution in [0.1, 0.15) is 11.1 Å². The van der Waals surface area contributed by atoms with Gasteiger partial charge in [0.15, 0.2) is 5.75 Å². The molecule has 0 radical (unpaired) electrons. The van der Waals surface area contributed by atoms with Crippen LogP contribution in [0.2, 0.25) is 0 Å². The molecule has 0 heterocycles. The molecule has 3 aromatic rings. The summed E-state index contributed by atoms with van der Waals surface area (Å²) in [5.41, 5.74) is -0.492. The van der Waals surface area contributed by atoms with Gasteiger partial charge in [0.25, 0.3) is 0 Å². The van der Waals surface area contributed by atoms with Gasteiger partial charge in [-0.15, -0.1) is 0 Å². The summed E-state index contributed by atoms with van der Waals surface area (Å²) in [5, 5.41) is 9.88. The number of halogens is 4. The molecular weight excluding hydrogens is 423 g/mol. The van der Waals surface area contributed by atoms with E-state index < -0.39 is 11.7 Å². The van der Waals surface area contributed by atoms with E-state index in [1.165, 1.54) is 18.3 Å². The quantitative estimate of drug-likeness (QED) is 0.462. The van der Waals surface area contributed by atoms with Gasteiger partial charge in [0.1, 0.15) is 17.2 Å². The number of nitrogens with zero attached hydrogens (tertiary/aromatic N) is 1. The second kappa shape index (κ2) is 7.84. The molecule has 138 valence electrons. The Morgan fingerprint density at radius 2 is 1.70 bits per heavy atom. The van der Waals surface area contributed by atoms with Gasteiger partial charge in [-0.25, -0.2) is 0 Å². The summed E-state index contributed by atoms with van der Waals surface area (Å²) in [4.78, 5) is 4.12. The predicted molar refractivity (Wildman–Crippen MR) is 101 cm³/mol. The van der Waals surface area contributed by atoms with Gasteiger partial charge in [-0.05, 0) is 48.5 Å². The Labute approximate surface area is 161 Å². The fourth-order valence-electron chi connectivity index (χ4n) is 2.26. The Morgan fingerprint density at radius 1 is 0.963 bits per heavy atom. The van der Waals surface area contributed by atoms with Crippen molar-refractivity contribution >= 4 is 27.8 Å². The zero-order valence-corrected chi connectivity index (χ0v) is 15.3. The van der Waals surface area contributed by atoms with E-state index in [-0.39, 0.29) is 17.2 Å². The average Bonchev–Trinajstić information content (AvgIpc) is 2.63. The first-order valence-electron chi connectivity index (χ1n) is 7.80. The van der Waals surface area contributed by atoms with Crippen molar-refractivity contribution in [2.45, 2.75) is 6.18 Å². The molecule has 0 aliphatic carbocycles. The van der Waals surface area contributed by atoms with Crippen molar-refractivity contribution < 1.29 is 23.0 Å². The standard InChI is InChI=1S/C20H13BrF3NO2/c21-15-7-8-18(26)13(10-15)12-25-17-11-14(20(22,23)24)6-9-19(17)27-16-4-2-1-3-5-16/h1-12,26H. The number of phenols is 1. The van der Waals surface area contributed by atoms with Gasteiger partial charge in [0.2, 0.25) is 0 Å². The monoisotopic (exact) mass is 435 g/mol. The Kier molecular flexibility index (Phi) is 5.51. The molecule has 0 saturated carbocycles. The van der Waals surface area contributed by atoms with E-state index in [0.29, 0.717) is 15.8 Å². The third kappa shape index (κ3) is 4.89. The van der Waals surface area contributed by atoms with E-state index in [9.17, 15) is 18.3 Å². The van der Waals surface area contributed by atoms with Crippen molar-refractivity contribution in [3.63, 3.8) is 0 Å². The number of hydrogen-bond donors (Lipinski definition) is 1. The largest absolute Gasteiger partial charge is 0.507 e. The molecule has 3 rings (SSSR count). The van der Waals surface area contributed by atoms with Crippen LogP contribution in [0.15, 0.2) is 76.2 Å². The van der Waals surface area contributed by atoms with Crippen LogP contribution in [0.25, 0.3) is 0 Å². The average molecular weight is 436 g/mol. The summed E-state index contributed by atoms with van der Waals surface area (Å²) in [6, 6.07) is 16.4. The van der Waals surface area contributed by atoms with E-state index in [1.807, 2.05) is 0 Å². The molecular formula is C20H13BrF3NO2. The van der Waals surface area contributed by atoms with Crippen LogP contribution in [0.4, 0.5) is 18.9 Å². The van der Waals surface area contributed by atoms with Crippen LogP contribution < -0.4 is 4.74 Å². The molecule has 7 heteroatoms. The Hall–Kier alpha value is -2.80. The van der Waals surface area contributed by atoms with E-state index in [2.05, 4.69) is 20.9 Å². The maximum atomic E-state index is 13.1. The van der Waals surface area contributed by atoms with Crippen LogP contribution in [0.5, 0.6) is 17.2 Å². The zero-order chi connectivity index (χ0) is 19.4. The molecule has 0 aliphatic rings. The summed E-state index contributed by atoms with van der Waals surface area (Å²) >= 11 is 3.27. The van der Waals surface area contributed by atoms with Gasteiger partial charge < -0.3 is 9.84 Å². The molecule has 0 aliphatic heterocycles. The van der Waals surface area contributed by atoms with E-state index in [0.717, 1.165) is 12.1 Å². The van der Waals surface area contributed by atoms with Crippen molar-refractivity contribution in [1.82, 2.24) is 0 Å². The lowest BCUT2D eigenvalue weighted by molar-refractivity contribution is -0.137. The van der Waals surface area contributed by atoms with Gasteiger partial charge in [0.05, 0.1) is 5.56 Å². The summed E-state index contributed by atoms with van der Waals surface area (Å²) in [5.74, 6) is 0.596. The SMILES string of the molecule is Oc1ccc(Br)cc1C=Nc1cc(C(F)(F)F)ccc1Oc1ccccc1. The first-order valence-corrected chi connectivity index (χ1v) is 8.59. The van der Waals surface area contributed by atoms with Crippen molar-refractivity contribution in [3.8, 4) is 17.2 Å². The first kappa shape index (κ1) is 19.0. The van der Waals surface area contributed by atoms with Gasteiger partial charge in [-0.1, -0.05) is 34.1 Å². The second-order valence-corrected chi connectivity index (χ2v) is 6.47. The smallest absolute Gasteiger partial charge is 0.416 e. The van der Waals surface area contributed by atoms with Crippen molar-refractivity contribution in [3.05, 3.63) is 82.3 Å². The van der Waals surface area contributed by atoms with E-state index in [1.54, 1.807) is 42.5 Å². The lowest BCUT2D eigenvalue weighted by Crippen LogP contribution is -2.04. The van der Waals surface area contributed by atoms with Crippen LogP contribution >= 0.6 is 15.9 Å². The van der Waals surface area contributed by atoms with E-state index >= 15 is 0 Å². The molecule has 0 spiro atoms. The first-order chi connectivity index (χ1) is 12.8. The van der Waals surface area contributed by atoms with Crippen LogP contribution in [-0.2, 0) is 6.18 Å². The highest BCUT2D eigenvalue weighted by Gasteiger charge is 2.31. The molecule has 0 aromatic heterocycles. The lowest BCUT2D eigenvalue weighted by atomic mass is 10.1. The third-order valence-corrected chi connectivity index (χ3v) is 4.08. The number of ether oxygens (including phenoxy) is 1. The molecule has 1 N–H and O–H groups in total. The predicted octanol–water partition coefficient (Wildman–Crippen LogP) is 6.72. The molecule has 0 unspecified atom stereocenters. The number of para-hydroxylation sites is 1. The highest BCUT2D eigenvalue weighted by atomic mass is 79.9. The number of alkyl halides is 3. The Bertz CT molecular complexity index is 973. The normalized spacial score (nSPS) is 11.7. The minimum Gasteiger partial charge on any atom is -0.507 e. The fraction of sp³-hybridized carbons (Fsp3) is 0.0500. The van der Waals surface area contributed by atoms with E-state index in [4.69, 9.17) is 4.74 Å². The van der Waals surface area contributed by atoms with Crippen molar-refractivity contribution in [2.24, 2.45) is 4.99 Å². The number of aliphatic imine (C=N–C) groups is 1. The molecule has 0 bridgehead atoms. The molecule has 0 amide bonds. The fourth-order valence-corrected chi connectivity index (χ4v) is 2.64. The van der Waals surface area contributed by atoms with Gasteiger partial charge in [0, 0.05) is 16.3 Å². The van der Waals surface area contributed by atoms with Gasteiger partial charge in [-0.3, -0.25) is 4.99 Å². The zero-order valence-electron chi connectivity index (χ0n) is 13.7. The molecule has 27 heavy (non-hydrogen) atoms. The summed E-state index contributed by atoms with van der Waals surface area (Å²) in [7, 11) is 0. The van der Waals surface area contributed by atoms with Gasteiger partial charge >= 0.3 is 6.18 Å². The van der Waals surface area contributed by atoms with Crippen LogP contribution in [0.3, 0.4) is 0 Å². The Balaban J connectivity index is 2.01. The molecule has 3 nitrogen and oxygen atoms in total. The Morgan fingerprint density at radius 3 is 2.41 bits per heavy atom. The highest BCUT2D eigenvalue weighted by Crippen LogP contribution is 2.38. The van der Waals surface area contributed by atoms with Crippen LogP contribution in [0, 0.1) is 0 Å². The summed E-state index contributed by atoms with van der Waals surface area (Å²) < 4.78 is 45.6. The minimum atomic E-state index is -4.51. The van der Waals surface area contributed by atoms with Crippen molar-refractivity contribution in [2.75, 3.05) is 0 Å².